The predicted molar refractivity (Wildman–Crippen MR) is 140 cm³/mol. The fraction of sp³-hybridized carbons (Fsp3) is 0.286. The van der Waals surface area contributed by atoms with Crippen LogP contribution in [-0.2, 0) is 27.9 Å². The lowest BCUT2D eigenvalue weighted by atomic mass is 10.1. The third kappa shape index (κ3) is 7.37. The maximum absolute atomic E-state index is 14.1. The van der Waals surface area contributed by atoms with Crippen LogP contribution < -0.4 is 5.32 Å². The Bertz CT molecular complexity index is 1160. The number of benzene rings is 3. The summed E-state index contributed by atoms with van der Waals surface area (Å²) < 4.78 is 36.7. The van der Waals surface area contributed by atoms with E-state index in [2.05, 4.69) is 5.32 Å². The van der Waals surface area contributed by atoms with Crippen molar-refractivity contribution in [2.45, 2.75) is 31.8 Å². The Morgan fingerprint density at radius 1 is 0.784 bits per heavy atom. The van der Waals surface area contributed by atoms with E-state index in [1.165, 1.54) is 7.11 Å². The van der Waals surface area contributed by atoms with E-state index in [0.29, 0.717) is 16.7 Å². The van der Waals surface area contributed by atoms with E-state index in [1.807, 2.05) is 12.1 Å². The highest BCUT2D eigenvalue weighted by molar-refractivity contribution is 7.54. The van der Waals surface area contributed by atoms with Crippen LogP contribution in [0, 0.1) is 0 Å². The molecular formula is C28H32NO7P. The second-order valence-electron chi connectivity index (χ2n) is 7.96. The smallest absolute Gasteiger partial charge is 0.373 e. The number of nitrogens with one attached hydrogen (secondary N) is 1. The van der Waals surface area contributed by atoms with Crippen LogP contribution >= 0.6 is 7.60 Å². The van der Waals surface area contributed by atoms with E-state index in [4.69, 9.17) is 18.5 Å². The van der Waals surface area contributed by atoms with Crippen molar-refractivity contribution in [2.75, 3.05) is 20.3 Å². The van der Waals surface area contributed by atoms with Crippen molar-refractivity contribution in [1.29, 1.82) is 0 Å². The van der Waals surface area contributed by atoms with Crippen molar-refractivity contribution in [2.24, 2.45) is 0 Å². The number of carbonyl (C=O) groups excluding carboxylic acids is 2. The molecule has 0 spiro atoms. The quantitative estimate of drug-likeness (QED) is 0.226. The van der Waals surface area contributed by atoms with Crippen molar-refractivity contribution in [3.63, 3.8) is 0 Å². The van der Waals surface area contributed by atoms with Gasteiger partial charge in [0.2, 0.25) is 5.85 Å². The molecule has 0 aromatic heterocycles. The zero-order valence-corrected chi connectivity index (χ0v) is 22.0. The molecule has 0 unspecified atom stereocenters. The van der Waals surface area contributed by atoms with Gasteiger partial charge in [0, 0.05) is 12.7 Å². The maximum atomic E-state index is 14.1. The molecule has 0 saturated carbocycles. The van der Waals surface area contributed by atoms with Gasteiger partial charge in [0.15, 0.2) is 6.10 Å². The molecule has 37 heavy (non-hydrogen) atoms. The topological polar surface area (TPSA) is 100 Å². The summed E-state index contributed by atoms with van der Waals surface area (Å²) >= 11 is 0. The van der Waals surface area contributed by atoms with Gasteiger partial charge in [0.05, 0.1) is 13.2 Å². The molecule has 3 rings (SSSR count). The Labute approximate surface area is 217 Å². The average Bonchev–Trinajstić information content (AvgIpc) is 2.93. The number of esters is 1. The van der Waals surface area contributed by atoms with Crippen LogP contribution in [0.3, 0.4) is 0 Å². The molecule has 0 saturated heterocycles. The summed E-state index contributed by atoms with van der Waals surface area (Å²) in [5.41, 5.74) is 1.49. The third-order valence-electron chi connectivity index (χ3n) is 5.49. The van der Waals surface area contributed by atoms with Crippen LogP contribution in [0.2, 0.25) is 0 Å². The molecule has 1 amide bonds. The summed E-state index contributed by atoms with van der Waals surface area (Å²) in [7, 11) is -2.73. The van der Waals surface area contributed by atoms with E-state index >= 15 is 0 Å². The number of methoxy groups -OCH3 is 1. The number of carbonyl (C=O) groups is 2. The molecule has 3 atom stereocenters. The summed E-state index contributed by atoms with van der Waals surface area (Å²) in [5.74, 6) is -2.74. The van der Waals surface area contributed by atoms with Gasteiger partial charge >= 0.3 is 13.6 Å². The average molecular weight is 526 g/mol. The first kappa shape index (κ1) is 28.3. The van der Waals surface area contributed by atoms with Crippen LogP contribution in [0.15, 0.2) is 91.0 Å². The van der Waals surface area contributed by atoms with Crippen LogP contribution in [0.1, 0.15) is 47.5 Å². The van der Waals surface area contributed by atoms with Crippen molar-refractivity contribution in [1.82, 2.24) is 5.32 Å². The first-order valence-electron chi connectivity index (χ1n) is 12.0. The van der Waals surface area contributed by atoms with E-state index in [-0.39, 0.29) is 13.2 Å². The summed E-state index contributed by atoms with van der Waals surface area (Å²) in [6.07, 6.45) is -1.10. The van der Waals surface area contributed by atoms with Gasteiger partial charge in [0.1, 0.15) is 6.04 Å². The van der Waals surface area contributed by atoms with Crippen LogP contribution in [0.25, 0.3) is 0 Å². The van der Waals surface area contributed by atoms with Gasteiger partial charge in [-0.3, -0.25) is 9.36 Å². The first-order valence-corrected chi connectivity index (χ1v) is 13.6. The Hall–Kier alpha value is -3.29. The minimum atomic E-state index is -4.11. The van der Waals surface area contributed by atoms with Gasteiger partial charge in [0.25, 0.3) is 5.91 Å². The highest BCUT2D eigenvalue weighted by Crippen LogP contribution is 2.57. The molecule has 0 bridgehead atoms. The lowest BCUT2D eigenvalue weighted by Gasteiger charge is -2.33. The molecule has 0 aliphatic rings. The molecule has 0 aliphatic carbocycles. The summed E-state index contributed by atoms with van der Waals surface area (Å²) in [6.45, 7) is 3.39. The fourth-order valence-electron chi connectivity index (χ4n) is 3.83. The van der Waals surface area contributed by atoms with Gasteiger partial charge in [-0.25, -0.2) is 4.79 Å². The molecule has 1 N–H and O–H groups in total. The van der Waals surface area contributed by atoms with Gasteiger partial charge in [-0.15, -0.1) is 0 Å². The van der Waals surface area contributed by atoms with Crippen LogP contribution in [0.4, 0.5) is 0 Å². The SMILES string of the molecule is CCOP(=O)(OCC)[C@H](OC(=O)[C@@H](OC)c1ccccc1)[C@@H](NC(=O)c1ccccc1)c1ccccc1. The van der Waals surface area contributed by atoms with Crippen molar-refractivity contribution < 1.29 is 32.7 Å². The normalized spacial score (nSPS) is 13.8. The maximum Gasteiger partial charge on any atom is 0.373 e. The summed E-state index contributed by atoms with van der Waals surface area (Å²) in [4.78, 5) is 26.7. The van der Waals surface area contributed by atoms with Crippen LogP contribution in [0.5, 0.6) is 0 Å². The van der Waals surface area contributed by atoms with Gasteiger partial charge in [-0.2, -0.15) is 0 Å². The minimum Gasteiger partial charge on any atom is -0.445 e. The van der Waals surface area contributed by atoms with E-state index in [0.717, 1.165) is 0 Å². The van der Waals surface area contributed by atoms with Crippen molar-refractivity contribution >= 4 is 19.5 Å². The molecule has 3 aromatic rings. The Morgan fingerprint density at radius 3 is 1.76 bits per heavy atom. The van der Waals surface area contributed by atoms with Crippen molar-refractivity contribution in [3.8, 4) is 0 Å². The monoisotopic (exact) mass is 525 g/mol. The molecule has 8 nitrogen and oxygen atoms in total. The predicted octanol–water partition coefficient (Wildman–Crippen LogP) is 5.68. The lowest BCUT2D eigenvalue weighted by Crippen LogP contribution is -2.40. The number of hydrogen-bond donors (Lipinski definition) is 1. The summed E-state index contributed by atoms with van der Waals surface area (Å²) in [6, 6.07) is 25.1. The first-order chi connectivity index (χ1) is 17.9. The number of ether oxygens (including phenoxy) is 2. The second-order valence-corrected chi connectivity index (χ2v) is 10.1. The van der Waals surface area contributed by atoms with E-state index < -0.39 is 37.5 Å². The van der Waals surface area contributed by atoms with Crippen LogP contribution in [-0.4, -0.2) is 38.0 Å². The number of amides is 1. The van der Waals surface area contributed by atoms with Gasteiger partial charge in [-0.05, 0) is 37.1 Å². The zero-order chi connectivity index (χ0) is 26.7. The largest absolute Gasteiger partial charge is 0.445 e. The highest BCUT2D eigenvalue weighted by atomic mass is 31.2. The zero-order valence-electron chi connectivity index (χ0n) is 21.1. The molecule has 0 fully saturated rings. The Balaban J connectivity index is 2.07. The molecule has 0 heterocycles. The fourth-order valence-corrected chi connectivity index (χ4v) is 5.76. The number of hydrogen-bond acceptors (Lipinski definition) is 7. The van der Waals surface area contributed by atoms with Gasteiger partial charge < -0.3 is 23.8 Å². The van der Waals surface area contributed by atoms with E-state index in [9.17, 15) is 14.2 Å². The Morgan fingerprint density at radius 2 is 1.27 bits per heavy atom. The standard InChI is InChI=1S/C28H32NO7P/c1-4-34-37(32,35-5-2)28(36-27(31)25(33-3)22-17-11-7-12-18-22)24(21-15-9-6-10-16-21)29-26(30)23-19-13-8-14-20-23/h6-20,24-25,28H,4-5H2,1-3H3,(H,29,30)/t24-,25-,28-/m0/s1. The van der Waals surface area contributed by atoms with Gasteiger partial charge in [-0.1, -0.05) is 78.9 Å². The van der Waals surface area contributed by atoms with Crippen molar-refractivity contribution in [3.05, 3.63) is 108 Å². The molecule has 9 heteroatoms. The second kappa shape index (κ2) is 13.9. The lowest BCUT2D eigenvalue weighted by molar-refractivity contribution is -0.160. The Kier molecular flexibility index (Phi) is 10.6. The molecular weight excluding hydrogens is 493 g/mol. The molecule has 196 valence electrons. The summed E-state index contributed by atoms with van der Waals surface area (Å²) in [5, 5.41) is 2.89. The molecule has 0 aliphatic heterocycles. The highest BCUT2D eigenvalue weighted by Gasteiger charge is 2.47. The third-order valence-corrected chi connectivity index (χ3v) is 7.75. The van der Waals surface area contributed by atoms with E-state index in [1.54, 1.807) is 92.7 Å². The molecule has 3 aromatic carbocycles. The number of rotatable bonds is 13. The molecule has 0 radical (unpaired) electrons. The minimum absolute atomic E-state index is 0.0336.